The van der Waals surface area contributed by atoms with E-state index >= 15 is 0 Å². The highest BCUT2D eigenvalue weighted by Gasteiger charge is 2.27. The molecular weight excluding hydrogens is 348 g/mol. The molecule has 0 aliphatic heterocycles. The second-order valence-electron chi connectivity index (χ2n) is 6.34. The maximum absolute atomic E-state index is 12.1. The molecule has 0 spiro atoms. The van der Waals surface area contributed by atoms with Crippen LogP contribution in [0.1, 0.15) is 30.9 Å². The van der Waals surface area contributed by atoms with Crippen molar-refractivity contribution >= 4 is 27.7 Å². The lowest BCUT2D eigenvalue weighted by atomic mass is 10.1. The van der Waals surface area contributed by atoms with Crippen molar-refractivity contribution < 1.29 is 13.2 Å². The van der Waals surface area contributed by atoms with E-state index in [9.17, 15) is 13.2 Å². The van der Waals surface area contributed by atoms with Gasteiger partial charge in [0.2, 0.25) is 15.9 Å². The van der Waals surface area contributed by atoms with Crippen LogP contribution >= 0.6 is 0 Å². The van der Waals surface area contributed by atoms with E-state index in [1.165, 1.54) is 6.08 Å². The van der Waals surface area contributed by atoms with E-state index in [0.29, 0.717) is 0 Å². The van der Waals surface area contributed by atoms with Gasteiger partial charge in [-0.05, 0) is 60.7 Å². The van der Waals surface area contributed by atoms with E-state index in [0.717, 1.165) is 36.1 Å². The summed E-state index contributed by atoms with van der Waals surface area (Å²) in [4.78, 5) is 12.3. The van der Waals surface area contributed by atoms with Gasteiger partial charge in [0.25, 0.3) is 0 Å². The molecule has 0 heterocycles. The second kappa shape index (κ2) is 7.85. The molecule has 0 saturated heterocycles. The smallest absolute Gasteiger partial charge is 0.248 e. The summed E-state index contributed by atoms with van der Waals surface area (Å²) in [5, 5.41) is 2.82. The van der Waals surface area contributed by atoms with Crippen molar-refractivity contribution in [3.63, 3.8) is 0 Å². The number of carbonyl (C=O) groups excluding carboxylic acids is 1. The zero-order chi connectivity index (χ0) is 18.6. The van der Waals surface area contributed by atoms with Gasteiger partial charge in [0.1, 0.15) is 0 Å². The second-order valence-corrected chi connectivity index (χ2v) is 8.06. The zero-order valence-corrected chi connectivity index (χ0v) is 15.4. The molecule has 26 heavy (non-hydrogen) atoms. The van der Waals surface area contributed by atoms with Gasteiger partial charge in [0.05, 0.1) is 4.90 Å². The van der Waals surface area contributed by atoms with E-state index in [-0.39, 0.29) is 16.8 Å². The van der Waals surface area contributed by atoms with Gasteiger partial charge in [-0.25, -0.2) is 13.1 Å². The molecule has 0 atom stereocenters. The Balaban J connectivity index is 1.61. The number of carbonyl (C=O) groups is 1. The molecule has 1 aliphatic carbocycles. The Kier molecular flexibility index (Phi) is 5.54. The lowest BCUT2D eigenvalue weighted by Gasteiger charge is -2.05. The number of aryl methyl sites for hydroxylation is 1. The summed E-state index contributed by atoms with van der Waals surface area (Å²) >= 11 is 0. The first-order chi connectivity index (χ1) is 12.5. The molecular formula is C20H22N2O3S. The Bertz CT molecular complexity index is 914. The summed E-state index contributed by atoms with van der Waals surface area (Å²) in [6, 6.07) is 14.3. The number of hydrogen-bond acceptors (Lipinski definition) is 3. The molecule has 1 saturated carbocycles. The largest absolute Gasteiger partial charge is 0.323 e. The van der Waals surface area contributed by atoms with Gasteiger partial charge >= 0.3 is 0 Å². The Morgan fingerprint density at radius 3 is 2.54 bits per heavy atom. The van der Waals surface area contributed by atoms with Gasteiger partial charge in [-0.1, -0.05) is 31.2 Å². The fourth-order valence-electron chi connectivity index (χ4n) is 2.47. The highest BCUT2D eigenvalue weighted by molar-refractivity contribution is 7.89. The van der Waals surface area contributed by atoms with Crippen molar-refractivity contribution in [2.45, 2.75) is 37.1 Å². The number of hydrogen-bond donors (Lipinski definition) is 2. The van der Waals surface area contributed by atoms with Gasteiger partial charge < -0.3 is 5.32 Å². The SMILES string of the molecule is CCc1cccc(NC(=O)/C=C/c2ccc(S(=O)(=O)NC3CC3)cc2)c1. The van der Waals surface area contributed by atoms with Crippen LogP contribution in [0.3, 0.4) is 0 Å². The maximum atomic E-state index is 12.1. The van der Waals surface area contributed by atoms with Crippen molar-refractivity contribution in [1.82, 2.24) is 4.72 Å². The Morgan fingerprint density at radius 2 is 1.88 bits per heavy atom. The number of sulfonamides is 1. The molecule has 3 rings (SSSR count). The maximum Gasteiger partial charge on any atom is 0.248 e. The average molecular weight is 370 g/mol. The summed E-state index contributed by atoms with van der Waals surface area (Å²) in [6.07, 6.45) is 5.80. The van der Waals surface area contributed by atoms with E-state index in [1.807, 2.05) is 24.3 Å². The summed E-state index contributed by atoms with van der Waals surface area (Å²) in [5.74, 6) is -0.231. The minimum atomic E-state index is -3.45. The monoisotopic (exact) mass is 370 g/mol. The molecule has 1 aliphatic rings. The molecule has 1 amide bonds. The Labute approximate surface area is 154 Å². The molecule has 1 fully saturated rings. The number of anilines is 1. The topological polar surface area (TPSA) is 75.3 Å². The van der Waals surface area contributed by atoms with E-state index < -0.39 is 10.0 Å². The van der Waals surface area contributed by atoms with Gasteiger partial charge in [-0.3, -0.25) is 4.79 Å². The molecule has 0 bridgehead atoms. The van der Waals surface area contributed by atoms with Gasteiger partial charge in [-0.15, -0.1) is 0 Å². The Morgan fingerprint density at radius 1 is 1.15 bits per heavy atom. The van der Waals surface area contributed by atoms with E-state index in [4.69, 9.17) is 0 Å². The molecule has 0 unspecified atom stereocenters. The van der Waals surface area contributed by atoms with Crippen LogP contribution < -0.4 is 10.0 Å². The standard InChI is InChI=1S/C20H22N2O3S/c1-2-15-4-3-5-18(14-15)21-20(23)13-8-16-6-11-19(12-7-16)26(24,25)22-17-9-10-17/h3-8,11-14,17,22H,2,9-10H2,1H3,(H,21,23)/b13-8+. The van der Waals surface area contributed by atoms with Crippen molar-refractivity contribution in [2.24, 2.45) is 0 Å². The minimum absolute atomic E-state index is 0.0782. The van der Waals surface area contributed by atoms with Gasteiger partial charge in [-0.2, -0.15) is 0 Å². The predicted molar refractivity (Wildman–Crippen MR) is 103 cm³/mol. The number of nitrogens with one attached hydrogen (secondary N) is 2. The molecule has 2 aromatic carbocycles. The number of amides is 1. The van der Waals surface area contributed by atoms with Crippen molar-refractivity contribution in [3.05, 3.63) is 65.7 Å². The molecule has 2 aromatic rings. The van der Waals surface area contributed by atoms with Crippen LogP contribution in [0, 0.1) is 0 Å². The lowest BCUT2D eigenvalue weighted by Crippen LogP contribution is -2.25. The van der Waals surface area contributed by atoms with Crippen molar-refractivity contribution in [1.29, 1.82) is 0 Å². The first-order valence-electron chi connectivity index (χ1n) is 8.66. The average Bonchev–Trinajstić information content (AvgIpc) is 3.44. The van der Waals surface area contributed by atoms with Crippen LogP contribution in [-0.2, 0) is 21.2 Å². The molecule has 6 heteroatoms. The fraction of sp³-hybridized carbons (Fsp3) is 0.250. The molecule has 136 valence electrons. The first kappa shape index (κ1) is 18.4. The molecule has 0 radical (unpaired) electrons. The summed E-state index contributed by atoms with van der Waals surface area (Å²) in [7, 11) is -3.45. The highest BCUT2D eigenvalue weighted by Crippen LogP contribution is 2.22. The molecule has 5 nitrogen and oxygen atoms in total. The van der Waals surface area contributed by atoms with Crippen LogP contribution in [0.25, 0.3) is 6.08 Å². The summed E-state index contributed by atoms with van der Waals surface area (Å²) in [6.45, 7) is 2.06. The number of rotatable bonds is 7. The zero-order valence-electron chi connectivity index (χ0n) is 14.6. The predicted octanol–water partition coefficient (Wildman–Crippen LogP) is 3.34. The summed E-state index contributed by atoms with van der Waals surface area (Å²) in [5.41, 5.74) is 2.67. The van der Waals surface area contributed by atoms with Crippen LogP contribution in [0.15, 0.2) is 59.5 Å². The van der Waals surface area contributed by atoms with Crippen molar-refractivity contribution in [2.75, 3.05) is 5.32 Å². The molecule has 0 aromatic heterocycles. The minimum Gasteiger partial charge on any atom is -0.323 e. The van der Waals surface area contributed by atoms with E-state index in [1.54, 1.807) is 30.3 Å². The van der Waals surface area contributed by atoms with Crippen LogP contribution in [0.4, 0.5) is 5.69 Å². The van der Waals surface area contributed by atoms with Crippen LogP contribution in [0.5, 0.6) is 0 Å². The Hall–Kier alpha value is -2.44. The fourth-order valence-corrected chi connectivity index (χ4v) is 3.78. The van der Waals surface area contributed by atoms with Crippen LogP contribution in [0.2, 0.25) is 0 Å². The van der Waals surface area contributed by atoms with Crippen LogP contribution in [-0.4, -0.2) is 20.4 Å². The third kappa shape index (κ3) is 5.03. The summed E-state index contributed by atoms with van der Waals surface area (Å²) < 4.78 is 26.9. The third-order valence-corrected chi connectivity index (χ3v) is 5.66. The first-order valence-corrected chi connectivity index (χ1v) is 10.1. The van der Waals surface area contributed by atoms with E-state index in [2.05, 4.69) is 17.0 Å². The highest BCUT2D eigenvalue weighted by atomic mass is 32.2. The van der Waals surface area contributed by atoms with Gasteiger partial charge in [0, 0.05) is 17.8 Å². The van der Waals surface area contributed by atoms with Crippen molar-refractivity contribution in [3.8, 4) is 0 Å². The molecule has 2 N–H and O–H groups in total. The van der Waals surface area contributed by atoms with Gasteiger partial charge in [0.15, 0.2) is 0 Å². The third-order valence-electron chi connectivity index (χ3n) is 4.12. The quantitative estimate of drug-likeness (QED) is 0.734. The number of benzene rings is 2. The normalized spacial score (nSPS) is 14.5. The lowest BCUT2D eigenvalue weighted by molar-refractivity contribution is -0.111.